The number of carbonyl (C=O) groups excluding carboxylic acids is 1. The van der Waals surface area contributed by atoms with Crippen LogP contribution in [0.2, 0.25) is 0 Å². The van der Waals surface area contributed by atoms with Crippen LogP contribution in [0.5, 0.6) is 0 Å². The van der Waals surface area contributed by atoms with E-state index in [2.05, 4.69) is 21.0 Å². The molecule has 0 spiro atoms. The van der Waals surface area contributed by atoms with Gasteiger partial charge in [-0.25, -0.2) is 5.43 Å². The predicted molar refractivity (Wildman–Crippen MR) is 47.3 cm³/mol. The first kappa shape index (κ1) is 10.4. The highest BCUT2D eigenvalue weighted by atomic mass is 16.5. The van der Waals surface area contributed by atoms with Crippen LogP contribution in [0.1, 0.15) is 13.3 Å². The van der Waals surface area contributed by atoms with Crippen LogP contribution in [-0.4, -0.2) is 31.2 Å². The summed E-state index contributed by atoms with van der Waals surface area (Å²) < 4.78 is 4.68. The number of hydrazine groups is 2. The summed E-state index contributed by atoms with van der Waals surface area (Å²) in [5, 5.41) is 3.09. The van der Waals surface area contributed by atoms with Gasteiger partial charge in [-0.3, -0.25) is 10.6 Å². The number of esters is 1. The van der Waals surface area contributed by atoms with Gasteiger partial charge in [-0.15, -0.1) is 0 Å². The molecule has 0 saturated carbocycles. The van der Waals surface area contributed by atoms with Crippen LogP contribution in [0.4, 0.5) is 0 Å². The zero-order chi connectivity index (χ0) is 9.90. The van der Waals surface area contributed by atoms with Gasteiger partial charge in [-0.05, 0) is 13.3 Å². The van der Waals surface area contributed by atoms with E-state index in [1.807, 2.05) is 6.92 Å². The van der Waals surface area contributed by atoms with E-state index in [4.69, 9.17) is 5.84 Å². The van der Waals surface area contributed by atoms with Crippen molar-refractivity contribution in [3.05, 3.63) is 0 Å². The van der Waals surface area contributed by atoms with Crippen molar-refractivity contribution in [3.8, 4) is 0 Å². The fraction of sp³-hybridized carbons (Fsp3) is 0.857. The van der Waals surface area contributed by atoms with E-state index in [-0.39, 0.29) is 12.0 Å². The van der Waals surface area contributed by atoms with E-state index in [0.29, 0.717) is 13.0 Å². The van der Waals surface area contributed by atoms with E-state index in [0.717, 1.165) is 0 Å². The van der Waals surface area contributed by atoms with E-state index < -0.39 is 5.54 Å². The Hall–Kier alpha value is -0.690. The maximum absolute atomic E-state index is 11.3. The Morgan fingerprint density at radius 3 is 3.00 bits per heavy atom. The molecular formula is C7H16N4O2. The van der Waals surface area contributed by atoms with Crippen LogP contribution in [-0.2, 0) is 9.53 Å². The molecule has 13 heavy (non-hydrogen) atoms. The summed E-state index contributed by atoms with van der Waals surface area (Å²) in [5.74, 6) is 4.86. The molecule has 0 bridgehead atoms. The van der Waals surface area contributed by atoms with E-state index >= 15 is 0 Å². The van der Waals surface area contributed by atoms with Crippen molar-refractivity contribution in [2.24, 2.45) is 5.84 Å². The standard InChI is InChI=1S/C7H16N4O2/c1-7(6(12)13-2)3-5(4-9-7)10-11-8/h5,9-11H,3-4,8H2,1-2H3/t5?,7-/m0/s1. The second-order valence-electron chi connectivity index (χ2n) is 3.39. The summed E-state index contributed by atoms with van der Waals surface area (Å²) in [7, 11) is 1.39. The van der Waals surface area contributed by atoms with Crippen molar-refractivity contribution in [2.75, 3.05) is 13.7 Å². The molecule has 0 aliphatic carbocycles. The van der Waals surface area contributed by atoms with E-state index in [9.17, 15) is 4.79 Å². The molecule has 1 saturated heterocycles. The SMILES string of the molecule is COC(=O)[C@]1(C)CC(NNN)CN1. The van der Waals surface area contributed by atoms with Crippen molar-refractivity contribution in [1.29, 1.82) is 0 Å². The fourth-order valence-electron chi connectivity index (χ4n) is 1.59. The van der Waals surface area contributed by atoms with Crippen molar-refractivity contribution in [2.45, 2.75) is 24.9 Å². The first-order valence-corrected chi connectivity index (χ1v) is 4.17. The molecule has 6 nitrogen and oxygen atoms in total. The average Bonchev–Trinajstić information content (AvgIpc) is 2.48. The Morgan fingerprint density at radius 1 is 1.77 bits per heavy atom. The molecule has 0 aromatic rings. The lowest BCUT2D eigenvalue weighted by Crippen LogP contribution is -2.46. The average molecular weight is 188 g/mol. The second-order valence-corrected chi connectivity index (χ2v) is 3.39. The molecule has 6 heteroatoms. The van der Waals surface area contributed by atoms with E-state index in [1.165, 1.54) is 7.11 Å². The van der Waals surface area contributed by atoms with Gasteiger partial charge in [0.2, 0.25) is 0 Å². The molecule has 1 aliphatic rings. The molecule has 1 rings (SSSR count). The monoisotopic (exact) mass is 188 g/mol. The predicted octanol–water partition coefficient (Wildman–Crippen LogP) is -1.75. The number of ether oxygens (including phenoxy) is 1. The number of nitrogens with two attached hydrogens (primary N) is 1. The number of rotatable bonds is 3. The molecule has 1 heterocycles. The zero-order valence-electron chi connectivity index (χ0n) is 7.89. The molecule has 2 atom stereocenters. The quantitative estimate of drug-likeness (QED) is 0.238. The number of carbonyl (C=O) groups is 1. The molecule has 0 radical (unpaired) electrons. The van der Waals surface area contributed by atoms with E-state index in [1.54, 1.807) is 0 Å². The maximum atomic E-state index is 11.3. The smallest absolute Gasteiger partial charge is 0.325 e. The van der Waals surface area contributed by atoms with Crippen LogP contribution >= 0.6 is 0 Å². The first-order valence-electron chi connectivity index (χ1n) is 4.17. The minimum Gasteiger partial charge on any atom is -0.468 e. The fourth-order valence-corrected chi connectivity index (χ4v) is 1.59. The summed E-state index contributed by atoms with van der Waals surface area (Å²) in [5.41, 5.74) is 4.60. The van der Waals surface area contributed by atoms with Gasteiger partial charge in [-0.2, -0.15) is 5.53 Å². The Morgan fingerprint density at radius 2 is 2.46 bits per heavy atom. The van der Waals surface area contributed by atoms with Crippen LogP contribution in [0.25, 0.3) is 0 Å². The Balaban J connectivity index is 2.50. The largest absolute Gasteiger partial charge is 0.468 e. The minimum absolute atomic E-state index is 0.147. The third-order valence-electron chi connectivity index (χ3n) is 2.32. The first-order chi connectivity index (χ1) is 6.12. The van der Waals surface area contributed by atoms with Gasteiger partial charge in [0.1, 0.15) is 5.54 Å². The van der Waals surface area contributed by atoms with Crippen LogP contribution in [0.3, 0.4) is 0 Å². The Bertz CT molecular complexity index is 199. The molecule has 1 aliphatic heterocycles. The summed E-state index contributed by atoms with van der Waals surface area (Å²) in [4.78, 5) is 11.3. The van der Waals surface area contributed by atoms with Crippen molar-refractivity contribution in [1.82, 2.24) is 16.3 Å². The summed E-state index contributed by atoms with van der Waals surface area (Å²) in [6.45, 7) is 2.51. The van der Waals surface area contributed by atoms with Crippen molar-refractivity contribution >= 4 is 5.97 Å². The Kier molecular flexibility index (Phi) is 3.21. The van der Waals surface area contributed by atoms with Gasteiger partial charge in [0.25, 0.3) is 0 Å². The molecule has 76 valence electrons. The Labute approximate surface area is 77.1 Å². The maximum Gasteiger partial charge on any atom is 0.325 e. The van der Waals surface area contributed by atoms with Gasteiger partial charge < -0.3 is 10.1 Å². The highest BCUT2D eigenvalue weighted by molar-refractivity contribution is 5.80. The minimum atomic E-state index is -0.594. The van der Waals surface area contributed by atoms with Gasteiger partial charge >= 0.3 is 5.97 Å². The molecular weight excluding hydrogens is 172 g/mol. The third kappa shape index (κ3) is 2.16. The second kappa shape index (κ2) is 4.01. The third-order valence-corrected chi connectivity index (χ3v) is 2.32. The summed E-state index contributed by atoms with van der Waals surface area (Å²) in [6, 6.07) is 0.147. The van der Waals surface area contributed by atoms with Crippen LogP contribution < -0.4 is 22.1 Å². The number of methoxy groups -OCH3 is 1. The number of nitrogens with one attached hydrogen (secondary N) is 3. The molecule has 0 amide bonds. The van der Waals surface area contributed by atoms with Crippen molar-refractivity contribution in [3.63, 3.8) is 0 Å². The van der Waals surface area contributed by atoms with Gasteiger partial charge in [-0.1, -0.05) is 0 Å². The van der Waals surface area contributed by atoms with Gasteiger partial charge in [0.15, 0.2) is 0 Å². The summed E-state index contributed by atoms with van der Waals surface area (Å²) >= 11 is 0. The topological polar surface area (TPSA) is 88.4 Å². The number of hydrogen-bond acceptors (Lipinski definition) is 6. The zero-order valence-corrected chi connectivity index (χ0v) is 7.89. The summed E-state index contributed by atoms with van der Waals surface area (Å²) in [6.07, 6.45) is 0.657. The molecule has 0 aromatic heterocycles. The molecule has 5 N–H and O–H groups in total. The van der Waals surface area contributed by atoms with Crippen molar-refractivity contribution < 1.29 is 9.53 Å². The van der Waals surface area contributed by atoms with Gasteiger partial charge in [0.05, 0.1) is 7.11 Å². The lowest BCUT2D eigenvalue weighted by Gasteiger charge is -2.20. The highest BCUT2D eigenvalue weighted by Crippen LogP contribution is 2.19. The van der Waals surface area contributed by atoms with Gasteiger partial charge in [0, 0.05) is 12.6 Å². The number of hydrogen-bond donors (Lipinski definition) is 4. The lowest BCUT2D eigenvalue weighted by atomic mass is 9.99. The lowest BCUT2D eigenvalue weighted by molar-refractivity contribution is -0.147. The molecule has 1 fully saturated rings. The van der Waals surface area contributed by atoms with Crippen LogP contribution in [0.15, 0.2) is 0 Å². The molecule has 0 aromatic carbocycles. The highest BCUT2D eigenvalue weighted by Gasteiger charge is 2.41. The van der Waals surface area contributed by atoms with Crippen LogP contribution in [0, 0.1) is 0 Å². The normalized spacial score (nSPS) is 33.3. The molecule has 1 unspecified atom stereocenters.